The molecule has 0 saturated heterocycles. The molecular weight excluding hydrogens is 396 g/mol. The molecule has 3 N–H and O–H groups in total. The van der Waals surface area contributed by atoms with Crippen LogP contribution >= 0.6 is 0 Å². The highest BCUT2D eigenvalue weighted by molar-refractivity contribution is 5.89. The molecule has 0 saturated carbocycles. The van der Waals surface area contributed by atoms with Crippen LogP contribution in [0.5, 0.6) is 0 Å². The van der Waals surface area contributed by atoms with Crippen molar-refractivity contribution in [3.05, 3.63) is 59.7 Å². The van der Waals surface area contributed by atoms with Crippen LogP contribution in [0.2, 0.25) is 0 Å². The van der Waals surface area contributed by atoms with Gasteiger partial charge in [0, 0.05) is 12.5 Å². The molecule has 0 bridgehead atoms. The molecule has 1 atom stereocenters. The number of carboxylic acids is 1. The Morgan fingerprint density at radius 3 is 2.06 bits per heavy atom. The summed E-state index contributed by atoms with van der Waals surface area (Å²) < 4.78 is 5.42. The molecule has 0 heterocycles. The average molecular weight is 424 g/mol. The number of alkyl carbamates (subject to hydrolysis) is 1. The highest BCUT2D eigenvalue weighted by Crippen LogP contribution is 2.44. The number of hydrogen-bond acceptors (Lipinski definition) is 4. The number of fused-ring (bicyclic) bond motifs is 3. The summed E-state index contributed by atoms with van der Waals surface area (Å²) in [6, 6.07) is 14.7. The average Bonchev–Trinajstić information content (AvgIpc) is 3.03. The Bertz CT molecular complexity index is 934. The SMILES string of the molecule is CC(C)(C)CNC(=O)C(CC(=O)O)NC(=O)OCC1c2ccccc2-c2ccccc21. The molecule has 0 aromatic heterocycles. The van der Waals surface area contributed by atoms with Gasteiger partial charge in [0.15, 0.2) is 0 Å². The van der Waals surface area contributed by atoms with Gasteiger partial charge in [0.05, 0.1) is 6.42 Å². The predicted octanol–water partition coefficient (Wildman–Crippen LogP) is 3.53. The van der Waals surface area contributed by atoms with Crippen molar-refractivity contribution in [1.29, 1.82) is 0 Å². The van der Waals surface area contributed by atoms with Crippen molar-refractivity contribution in [2.75, 3.05) is 13.2 Å². The summed E-state index contributed by atoms with van der Waals surface area (Å²) in [5.41, 5.74) is 4.19. The van der Waals surface area contributed by atoms with E-state index in [0.717, 1.165) is 22.3 Å². The third-order valence-corrected chi connectivity index (χ3v) is 5.12. The van der Waals surface area contributed by atoms with Gasteiger partial charge in [-0.15, -0.1) is 0 Å². The number of carbonyl (C=O) groups is 3. The molecule has 0 aliphatic heterocycles. The summed E-state index contributed by atoms with van der Waals surface area (Å²) in [5.74, 6) is -1.86. The standard InChI is InChI=1S/C24H28N2O5/c1-24(2,3)14-25-22(29)20(12-21(27)28)26-23(30)31-13-19-17-10-6-4-8-15(17)16-9-5-7-11-18(16)19/h4-11,19-20H,12-14H2,1-3H3,(H,25,29)(H,26,30)(H,27,28). The highest BCUT2D eigenvalue weighted by atomic mass is 16.5. The van der Waals surface area contributed by atoms with Crippen LogP contribution in [-0.2, 0) is 14.3 Å². The van der Waals surface area contributed by atoms with Gasteiger partial charge in [-0.3, -0.25) is 9.59 Å². The molecule has 1 aliphatic rings. The molecular formula is C24H28N2O5. The Morgan fingerprint density at radius 2 is 1.55 bits per heavy atom. The summed E-state index contributed by atoms with van der Waals surface area (Å²) in [6.07, 6.45) is -1.35. The quantitative estimate of drug-likeness (QED) is 0.631. The second kappa shape index (κ2) is 9.20. The number of nitrogens with one attached hydrogen (secondary N) is 2. The molecule has 2 aromatic rings. The largest absolute Gasteiger partial charge is 0.481 e. The van der Waals surface area contributed by atoms with E-state index in [1.54, 1.807) is 0 Å². The second-order valence-electron chi connectivity index (χ2n) is 8.90. The van der Waals surface area contributed by atoms with E-state index in [4.69, 9.17) is 9.84 Å². The van der Waals surface area contributed by atoms with E-state index in [0.29, 0.717) is 6.54 Å². The molecule has 2 amide bonds. The fraction of sp³-hybridized carbons (Fsp3) is 0.375. The van der Waals surface area contributed by atoms with Crippen LogP contribution in [0.4, 0.5) is 4.79 Å². The lowest BCUT2D eigenvalue weighted by Gasteiger charge is -2.22. The maximum atomic E-state index is 12.4. The van der Waals surface area contributed by atoms with Gasteiger partial charge in [0.2, 0.25) is 5.91 Å². The number of amides is 2. The molecule has 0 fully saturated rings. The van der Waals surface area contributed by atoms with Crippen molar-refractivity contribution in [2.24, 2.45) is 5.41 Å². The minimum absolute atomic E-state index is 0.0866. The lowest BCUT2D eigenvalue weighted by atomic mass is 9.97. The van der Waals surface area contributed by atoms with Crippen molar-refractivity contribution in [3.63, 3.8) is 0 Å². The van der Waals surface area contributed by atoms with E-state index in [2.05, 4.69) is 10.6 Å². The fourth-order valence-electron chi connectivity index (χ4n) is 3.64. The van der Waals surface area contributed by atoms with E-state index < -0.39 is 30.4 Å². The third kappa shape index (κ3) is 5.63. The summed E-state index contributed by atoms with van der Waals surface area (Å²) in [4.78, 5) is 36.0. The van der Waals surface area contributed by atoms with Gasteiger partial charge >= 0.3 is 12.1 Å². The molecule has 31 heavy (non-hydrogen) atoms. The lowest BCUT2D eigenvalue weighted by molar-refractivity contribution is -0.139. The molecule has 7 nitrogen and oxygen atoms in total. The first-order chi connectivity index (χ1) is 14.7. The normalized spacial score (nSPS) is 13.6. The Hall–Kier alpha value is -3.35. The Kier molecular flexibility index (Phi) is 6.63. The van der Waals surface area contributed by atoms with Crippen LogP contribution in [0.25, 0.3) is 11.1 Å². The summed E-state index contributed by atoms with van der Waals surface area (Å²) >= 11 is 0. The maximum absolute atomic E-state index is 12.4. The Morgan fingerprint density at radius 1 is 1.00 bits per heavy atom. The zero-order valence-corrected chi connectivity index (χ0v) is 18.0. The molecule has 1 unspecified atom stereocenters. The van der Waals surface area contributed by atoms with Crippen molar-refractivity contribution < 1.29 is 24.2 Å². The van der Waals surface area contributed by atoms with Crippen LogP contribution in [0.15, 0.2) is 48.5 Å². The number of aliphatic carboxylic acids is 1. The zero-order chi connectivity index (χ0) is 22.6. The van der Waals surface area contributed by atoms with Gasteiger partial charge in [0.1, 0.15) is 12.6 Å². The van der Waals surface area contributed by atoms with E-state index in [-0.39, 0.29) is 17.9 Å². The van der Waals surface area contributed by atoms with Crippen LogP contribution < -0.4 is 10.6 Å². The predicted molar refractivity (Wildman–Crippen MR) is 117 cm³/mol. The summed E-state index contributed by atoms with van der Waals surface area (Å²) in [7, 11) is 0. The first kappa shape index (κ1) is 22.3. The zero-order valence-electron chi connectivity index (χ0n) is 18.0. The van der Waals surface area contributed by atoms with Gasteiger partial charge < -0.3 is 20.5 Å². The van der Waals surface area contributed by atoms with Crippen LogP contribution in [-0.4, -0.2) is 42.3 Å². The molecule has 1 aliphatic carbocycles. The van der Waals surface area contributed by atoms with Gasteiger partial charge in [-0.2, -0.15) is 0 Å². The molecule has 7 heteroatoms. The lowest BCUT2D eigenvalue weighted by Crippen LogP contribution is -2.49. The first-order valence-electron chi connectivity index (χ1n) is 10.3. The fourth-order valence-corrected chi connectivity index (χ4v) is 3.64. The van der Waals surface area contributed by atoms with E-state index in [1.165, 1.54) is 0 Å². The van der Waals surface area contributed by atoms with Gasteiger partial charge in [-0.1, -0.05) is 69.3 Å². The number of carbonyl (C=O) groups excluding carboxylic acids is 2. The monoisotopic (exact) mass is 424 g/mol. The van der Waals surface area contributed by atoms with Gasteiger partial charge in [0.25, 0.3) is 0 Å². The molecule has 3 rings (SSSR count). The minimum Gasteiger partial charge on any atom is -0.481 e. The van der Waals surface area contributed by atoms with Crippen molar-refractivity contribution in [3.8, 4) is 11.1 Å². The van der Waals surface area contributed by atoms with Crippen LogP contribution in [0.1, 0.15) is 44.2 Å². The Balaban J connectivity index is 1.65. The van der Waals surface area contributed by atoms with Gasteiger partial charge in [-0.25, -0.2) is 4.79 Å². The topological polar surface area (TPSA) is 105 Å². The highest BCUT2D eigenvalue weighted by Gasteiger charge is 2.30. The smallest absolute Gasteiger partial charge is 0.407 e. The number of carboxylic acid groups (broad SMARTS) is 1. The van der Waals surface area contributed by atoms with Crippen LogP contribution in [0.3, 0.4) is 0 Å². The maximum Gasteiger partial charge on any atom is 0.407 e. The van der Waals surface area contributed by atoms with E-state index in [9.17, 15) is 14.4 Å². The Labute approximate surface area is 181 Å². The third-order valence-electron chi connectivity index (χ3n) is 5.12. The van der Waals surface area contributed by atoms with Crippen molar-refractivity contribution in [1.82, 2.24) is 10.6 Å². The van der Waals surface area contributed by atoms with Gasteiger partial charge in [-0.05, 0) is 27.7 Å². The molecule has 164 valence electrons. The molecule has 0 spiro atoms. The second-order valence-corrected chi connectivity index (χ2v) is 8.90. The number of rotatable bonds is 7. The van der Waals surface area contributed by atoms with E-state index in [1.807, 2.05) is 69.3 Å². The number of hydrogen-bond donors (Lipinski definition) is 3. The number of benzene rings is 2. The molecule has 0 radical (unpaired) electrons. The van der Waals surface area contributed by atoms with E-state index >= 15 is 0 Å². The minimum atomic E-state index is -1.21. The van der Waals surface area contributed by atoms with Crippen LogP contribution in [0, 0.1) is 5.41 Å². The number of ether oxygens (including phenoxy) is 1. The van der Waals surface area contributed by atoms with Crippen molar-refractivity contribution in [2.45, 2.75) is 39.2 Å². The van der Waals surface area contributed by atoms with Crippen molar-refractivity contribution >= 4 is 18.0 Å². The summed E-state index contributed by atoms with van der Waals surface area (Å²) in [5, 5.41) is 14.2. The first-order valence-corrected chi connectivity index (χ1v) is 10.3. The summed E-state index contributed by atoms with van der Waals surface area (Å²) in [6.45, 7) is 6.27. The molecule has 2 aromatic carbocycles.